The Balaban J connectivity index is 2.15. The molecule has 148 valence electrons. The molecule has 2 aromatic carbocycles. The minimum Gasteiger partial charge on any atom is -0.354 e. The van der Waals surface area contributed by atoms with Crippen molar-refractivity contribution < 1.29 is 9.18 Å². The molecular weight excluding hydrogens is 400 g/mol. The van der Waals surface area contributed by atoms with E-state index in [2.05, 4.69) is 10.3 Å². The van der Waals surface area contributed by atoms with E-state index in [0.29, 0.717) is 45.4 Å². The molecule has 1 aromatic heterocycles. The molecule has 1 heterocycles. The molecule has 0 unspecified atom stereocenters. The van der Waals surface area contributed by atoms with Gasteiger partial charge in [-0.2, -0.15) is 0 Å². The standard InChI is InChI=1S/C21H22Cl2FN3O/c1-3-9-25-21(28)18(4-2)27-19-12-15(23)14(22)11-17(19)26-20(27)10-13-7-5-6-8-16(13)24/h5-8,11-12,18H,3-4,9-10H2,1-2H3,(H,25,28)/t18-/m0/s1. The zero-order chi connectivity index (χ0) is 20.3. The average Bonchev–Trinajstić information content (AvgIpc) is 3.00. The van der Waals surface area contributed by atoms with Crippen LogP contribution in [0.4, 0.5) is 4.39 Å². The van der Waals surface area contributed by atoms with E-state index in [-0.39, 0.29) is 18.1 Å². The minimum atomic E-state index is -0.476. The van der Waals surface area contributed by atoms with Crippen LogP contribution in [-0.4, -0.2) is 22.0 Å². The lowest BCUT2D eigenvalue weighted by molar-refractivity contribution is -0.124. The number of fused-ring (bicyclic) bond motifs is 1. The van der Waals surface area contributed by atoms with Crippen molar-refractivity contribution in [3.8, 4) is 0 Å². The molecule has 7 heteroatoms. The van der Waals surface area contributed by atoms with E-state index in [1.165, 1.54) is 6.07 Å². The maximum atomic E-state index is 14.2. The zero-order valence-corrected chi connectivity index (χ0v) is 17.3. The number of carbonyl (C=O) groups is 1. The summed E-state index contributed by atoms with van der Waals surface area (Å²) in [6, 6.07) is 9.48. The molecule has 0 radical (unpaired) electrons. The summed E-state index contributed by atoms with van der Waals surface area (Å²) in [6.45, 7) is 4.53. The van der Waals surface area contributed by atoms with Gasteiger partial charge in [-0.05, 0) is 36.6 Å². The molecule has 0 saturated heterocycles. The SMILES string of the molecule is CCCNC(=O)[C@H](CC)n1c(Cc2ccccc2F)nc2cc(Cl)c(Cl)cc21. The van der Waals surface area contributed by atoms with Gasteiger partial charge in [-0.15, -0.1) is 0 Å². The Hall–Kier alpha value is -2.11. The van der Waals surface area contributed by atoms with Crippen molar-refractivity contribution in [1.82, 2.24) is 14.9 Å². The summed E-state index contributed by atoms with van der Waals surface area (Å²) >= 11 is 12.4. The number of hydrogen-bond acceptors (Lipinski definition) is 2. The second kappa shape index (κ2) is 8.93. The van der Waals surface area contributed by atoms with Gasteiger partial charge in [0.05, 0.1) is 21.1 Å². The van der Waals surface area contributed by atoms with Gasteiger partial charge < -0.3 is 9.88 Å². The third-order valence-electron chi connectivity index (χ3n) is 4.66. The molecule has 1 N–H and O–H groups in total. The molecule has 1 atom stereocenters. The molecule has 0 aliphatic heterocycles. The van der Waals surface area contributed by atoms with E-state index < -0.39 is 6.04 Å². The van der Waals surface area contributed by atoms with Crippen LogP contribution in [0.5, 0.6) is 0 Å². The lowest BCUT2D eigenvalue weighted by Gasteiger charge is -2.20. The van der Waals surface area contributed by atoms with E-state index in [4.69, 9.17) is 23.2 Å². The van der Waals surface area contributed by atoms with Crippen LogP contribution in [0.3, 0.4) is 0 Å². The fourth-order valence-corrected chi connectivity index (χ4v) is 3.59. The van der Waals surface area contributed by atoms with Gasteiger partial charge in [0.15, 0.2) is 0 Å². The monoisotopic (exact) mass is 421 g/mol. The first-order chi connectivity index (χ1) is 13.5. The second-order valence-electron chi connectivity index (χ2n) is 6.64. The molecule has 0 fully saturated rings. The molecule has 4 nitrogen and oxygen atoms in total. The first kappa shape index (κ1) is 20.6. The summed E-state index contributed by atoms with van der Waals surface area (Å²) in [5.74, 6) is 0.196. The highest BCUT2D eigenvalue weighted by atomic mass is 35.5. The largest absolute Gasteiger partial charge is 0.354 e. The van der Waals surface area contributed by atoms with Crippen LogP contribution in [-0.2, 0) is 11.2 Å². The van der Waals surface area contributed by atoms with Crippen LogP contribution in [0.1, 0.15) is 44.1 Å². The normalized spacial score (nSPS) is 12.3. The fourth-order valence-electron chi connectivity index (χ4n) is 3.28. The number of rotatable bonds is 7. The van der Waals surface area contributed by atoms with Gasteiger partial charge in [-0.1, -0.05) is 55.2 Å². The molecular formula is C21H22Cl2FN3O. The lowest BCUT2D eigenvalue weighted by atomic mass is 10.1. The third-order valence-corrected chi connectivity index (χ3v) is 5.38. The number of halogens is 3. The summed E-state index contributed by atoms with van der Waals surface area (Å²) in [7, 11) is 0. The minimum absolute atomic E-state index is 0.0930. The Morgan fingerprint density at radius 1 is 1.21 bits per heavy atom. The fraction of sp³-hybridized carbons (Fsp3) is 0.333. The van der Waals surface area contributed by atoms with Crippen molar-refractivity contribution >= 4 is 40.1 Å². The number of hydrogen-bond donors (Lipinski definition) is 1. The Bertz CT molecular complexity index is 1000. The maximum absolute atomic E-state index is 14.2. The number of benzene rings is 2. The van der Waals surface area contributed by atoms with Gasteiger partial charge in [0.1, 0.15) is 17.7 Å². The van der Waals surface area contributed by atoms with Gasteiger partial charge in [0.25, 0.3) is 0 Å². The van der Waals surface area contributed by atoms with Gasteiger partial charge >= 0.3 is 0 Å². The third kappa shape index (κ3) is 4.15. The van der Waals surface area contributed by atoms with Gasteiger partial charge in [0, 0.05) is 13.0 Å². The van der Waals surface area contributed by atoms with Gasteiger partial charge in [0.2, 0.25) is 5.91 Å². The lowest BCUT2D eigenvalue weighted by Crippen LogP contribution is -2.33. The predicted octanol–water partition coefficient (Wildman–Crippen LogP) is 5.55. The molecule has 0 saturated carbocycles. The summed E-state index contributed by atoms with van der Waals surface area (Å²) in [4.78, 5) is 17.5. The van der Waals surface area contributed by atoms with Crippen molar-refractivity contribution in [3.63, 3.8) is 0 Å². The van der Waals surface area contributed by atoms with Crippen LogP contribution >= 0.6 is 23.2 Å². The smallest absolute Gasteiger partial charge is 0.243 e. The number of nitrogens with one attached hydrogen (secondary N) is 1. The predicted molar refractivity (Wildman–Crippen MR) is 112 cm³/mol. The van der Waals surface area contributed by atoms with Gasteiger partial charge in [-0.3, -0.25) is 4.79 Å². The number of nitrogens with zero attached hydrogens (tertiary/aromatic N) is 2. The van der Waals surface area contributed by atoms with E-state index >= 15 is 0 Å². The summed E-state index contributed by atoms with van der Waals surface area (Å²) in [5, 5.41) is 3.72. The molecule has 1 amide bonds. The highest BCUT2D eigenvalue weighted by Crippen LogP contribution is 2.32. The van der Waals surface area contributed by atoms with E-state index in [1.807, 2.05) is 18.4 Å². The highest BCUT2D eigenvalue weighted by molar-refractivity contribution is 6.42. The first-order valence-electron chi connectivity index (χ1n) is 9.33. The van der Waals surface area contributed by atoms with Crippen molar-refractivity contribution in [2.45, 2.75) is 39.2 Å². The molecule has 0 aliphatic carbocycles. The number of carbonyl (C=O) groups excluding carboxylic acids is 1. The molecule has 0 spiro atoms. The van der Waals surface area contributed by atoms with E-state index in [0.717, 1.165) is 6.42 Å². The van der Waals surface area contributed by atoms with E-state index in [9.17, 15) is 9.18 Å². The molecule has 3 aromatic rings. The van der Waals surface area contributed by atoms with Crippen molar-refractivity contribution in [2.24, 2.45) is 0 Å². The van der Waals surface area contributed by atoms with Crippen LogP contribution in [0, 0.1) is 5.82 Å². The number of imidazole rings is 1. The molecule has 0 aliphatic rings. The van der Waals surface area contributed by atoms with Crippen molar-refractivity contribution in [3.05, 3.63) is 63.6 Å². The Labute approximate surface area is 173 Å². The quantitative estimate of drug-likeness (QED) is 0.543. The van der Waals surface area contributed by atoms with Crippen LogP contribution < -0.4 is 5.32 Å². The number of aromatic nitrogens is 2. The Morgan fingerprint density at radius 3 is 2.61 bits per heavy atom. The highest BCUT2D eigenvalue weighted by Gasteiger charge is 2.25. The van der Waals surface area contributed by atoms with Crippen molar-refractivity contribution in [2.75, 3.05) is 6.54 Å². The number of amides is 1. The first-order valence-corrected chi connectivity index (χ1v) is 10.1. The topological polar surface area (TPSA) is 46.9 Å². The summed E-state index contributed by atoms with van der Waals surface area (Å²) in [5.41, 5.74) is 1.85. The molecule has 0 bridgehead atoms. The summed E-state index contributed by atoms with van der Waals surface area (Å²) < 4.78 is 16.1. The van der Waals surface area contributed by atoms with Gasteiger partial charge in [-0.25, -0.2) is 9.37 Å². The van der Waals surface area contributed by atoms with E-state index in [1.54, 1.807) is 30.3 Å². The second-order valence-corrected chi connectivity index (χ2v) is 7.45. The van der Waals surface area contributed by atoms with Crippen LogP contribution in [0.25, 0.3) is 11.0 Å². The van der Waals surface area contributed by atoms with Crippen LogP contribution in [0.15, 0.2) is 36.4 Å². The zero-order valence-electron chi connectivity index (χ0n) is 15.8. The van der Waals surface area contributed by atoms with Crippen molar-refractivity contribution in [1.29, 1.82) is 0 Å². The molecule has 28 heavy (non-hydrogen) atoms. The molecule has 3 rings (SSSR count). The Morgan fingerprint density at radius 2 is 1.93 bits per heavy atom. The maximum Gasteiger partial charge on any atom is 0.243 e. The Kier molecular flexibility index (Phi) is 6.57. The van der Waals surface area contributed by atoms with Crippen LogP contribution in [0.2, 0.25) is 10.0 Å². The average molecular weight is 422 g/mol. The summed E-state index contributed by atoms with van der Waals surface area (Å²) in [6.07, 6.45) is 1.66.